The van der Waals surface area contributed by atoms with E-state index < -0.39 is 0 Å². The Labute approximate surface area is 94.9 Å². The molecule has 2 N–H and O–H groups in total. The second kappa shape index (κ2) is 5.09. The van der Waals surface area contributed by atoms with Gasteiger partial charge in [-0.1, -0.05) is 6.07 Å². The number of aliphatic hydroxyl groups excluding tert-OH is 1. The van der Waals surface area contributed by atoms with Crippen LogP contribution in [0.15, 0.2) is 30.6 Å². The van der Waals surface area contributed by atoms with Crippen LogP contribution >= 0.6 is 0 Å². The van der Waals surface area contributed by atoms with Gasteiger partial charge in [0.25, 0.3) is 0 Å². The molecule has 0 aliphatic rings. The Morgan fingerprint density at radius 2 is 2.38 bits per heavy atom. The molecule has 2 aromatic heterocycles. The normalized spacial score (nSPS) is 13.1. The van der Waals surface area contributed by atoms with Crippen molar-refractivity contribution in [3.05, 3.63) is 36.3 Å². The lowest BCUT2D eigenvalue weighted by molar-refractivity contribution is 0.183. The van der Waals surface area contributed by atoms with Gasteiger partial charge in [-0.05, 0) is 32.0 Å². The van der Waals surface area contributed by atoms with E-state index in [0.717, 1.165) is 25.2 Å². The van der Waals surface area contributed by atoms with Crippen molar-refractivity contribution in [3.63, 3.8) is 0 Å². The first kappa shape index (κ1) is 11.1. The summed E-state index contributed by atoms with van der Waals surface area (Å²) in [5.74, 6) is 0. The molecule has 1 atom stereocenters. The lowest BCUT2D eigenvalue weighted by Crippen LogP contribution is -2.19. The van der Waals surface area contributed by atoms with Gasteiger partial charge in [0.05, 0.1) is 6.10 Å². The molecule has 86 valence electrons. The highest BCUT2D eigenvalue weighted by molar-refractivity contribution is 5.39. The predicted octanol–water partition coefficient (Wildman–Crippen LogP) is 1.19. The molecule has 4 nitrogen and oxygen atoms in total. The molecule has 16 heavy (non-hydrogen) atoms. The first-order valence-corrected chi connectivity index (χ1v) is 5.57. The largest absolute Gasteiger partial charge is 0.393 e. The van der Waals surface area contributed by atoms with Crippen molar-refractivity contribution in [1.29, 1.82) is 0 Å². The highest BCUT2D eigenvalue weighted by atomic mass is 16.3. The quantitative estimate of drug-likeness (QED) is 0.743. The minimum atomic E-state index is -0.239. The Bertz CT molecular complexity index is 450. The summed E-state index contributed by atoms with van der Waals surface area (Å²) in [6.07, 6.45) is 4.30. The number of aromatic nitrogens is 2. The zero-order chi connectivity index (χ0) is 11.4. The van der Waals surface area contributed by atoms with E-state index in [4.69, 9.17) is 5.11 Å². The fourth-order valence-electron chi connectivity index (χ4n) is 1.68. The van der Waals surface area contributed by atoms with Gasteiger partial charge < -0.3 is 14.8 Å². The van der Waals surface area contributed by atoms with Crippen LogP contribution in [-0.2, 0) is 6.54 Å². The van der Waals surface area contributed by atoms with E-state index in [1.54, 1.807) is 13.1 Å². The minimum Gasteiger partial charge on any atom is -0.393 e. The Balaban J connectivity index is 1.96. The standard InChI is InChI=1S/C12H17N3O/c1-10(16)5-6-13-9-11-3-2-4-12-14-7-8-15(11)12/h2-4,7-8,10,13,16H,5-6,9H2,1H3. The molecular formula is C12H17N3O. The summed E-state index contributed by atoms with van der Waals surface area (Å²) in [7, 11) is 0. The van der Waals surface area contributed by atoms with Crippen LogP contribution in [0.25, 0.3) is 5.65 Å². The zero-order valence-corrected chi connectivity index (χ0v) is 9.43. The summed E-state index contributed by atoms with van der Waals surface area (Å²) in [5, 5.41) is 12.4. The molecule has 0 spiro atoms. The number of pyridine rings is 1. The maximum Gasteiger partial charge on any atom is 0.136 e. The van der Waals surface area contributed by atoms with Crippen LogP contribution in [-0.4, -0.2) is 27.1 Å². The molecule has 0 radical (unpaired) electrons. The van der Waals surface area contributed by atoms with E-state index in [9.17, 15) is 0 Å². The molecule has 0 aliphatic heterocycles. The summed E-state index contributed by atoms with van der Waals surface area (Å²) in [4.78, 5) is 4.23. The molecular weight excluding hydrogens is 202 g/mol. The van der Waals surface area contributed by atoms with Crippen molar-refractivity contribution < 1.29 is 5.11 Å². The van der Waals surface area contributed by atoms with Crippen molar-refractivity contribution >= 4 is 5.65 Å². The van der Waals surface area contributed by atoms with Crippen LogP contribution in [0.5, 0.6) is 0 Å². The first-order valence-electron chi connectivity index (χ1n) is 5.57. The van der Waals surface area contributed by atoms with Crippen LogP contribution in [0.1, 0.15) is 19.0 Å². The Hall–Kier alpha value is -1.39. The average molecular weight is 219 g/mol. The van der Waals surface area contributed by atoms with Gasteiger partial charge in [0.15, 0.2) is 0 Å². The summed E-state index contributed by atoms with van der Waals surface area (Å²) >= 11 is 0. The maximum atomic E-state index is 9.13. The van der Waals surface area contributed by atoms with Crippen molar-refractivity contribution in [1.82, 2.24) is 14.7 Å². The minimum absolute atomic E-state index is 0.239. The molecule has 0 bridgehead atoms. The second-order valence-electron chi connectivity index (χ2n) is 3.99. The number of hydrogen-bond donors (Lipinski definition) is 2. The molecule has 0 saturated carbocycles. The van der Waals surface area contributed by atoms with Crippen LogP contribution in [0.3, 0.4) is 0 Å². The Morgan fingerprint density at radius 3 is 3.19 bits per heavy atom. The smallest absolute Gasteiger partial charge is 0.136 e. The molecule has 0 amide bonds. The van der Waals surface area contributed by atoms with Gasteiger partial charge in [-0.25, -0.2) is 4.98 Å². The third kappa shape index (κ3) is 2.59. The van der Waals surface area contributed by atoms with Crippen LogP contribution < -0.4 is 5.32 Å². The van der Waals surface area contributed by atoms with E-state index >= 15 is 0 Å². The maximum absolute atomic E-state index is 9.13. The van der Waals surface area contributed by atoms with Gasteiger partial charge in [0.2, 0.25) is 0 Å². The van der Waals surface area contributed by atoms with Gasteiger partial charge in [-0.15, -0.1) is 0 Å². The molecule has 2 aromatic rings. The number of hydrogen-bond acceptors (Lipinski definition) is 3. The second-order valence-corrected chi connectivity index (χ2v) is 3.99. The first-order chi connectivity index (χ1) is 7.77. The van der Waals surface area contributed by atoms with E-state index in [2.05, 4.69) is 20.8 Å². The summed E-state index contributed by atoms with van der Waals surface area (Å²) in [6, 6.07) is 6.07. The van der Waals surface area contributed by atoms with Gasteiger partial charge in [0, 0.05) is 24.6 Å². The number of aliphatic hydroxyl groups is 1. The van der Waals surface area contributed by atoms with E-state index in [0.29, 0.717) is 0 Å². The Morgan fingerprint density at radius 1 is 1.50 bits per heavy atom. The van der Waals surface area contributed by atoms with Crippen LogP contribution in [0.4, 0.5) is 0 Å². The lowest BCUT2D eigenvalue weighted by atomic mass is 10.3. The Kier molecular flexibility index (Phi) is 3.54. The predicted molar refractivity (Wildman–Crippen MR) is 63.2 cm³/mol. The number of nitrogens with one attached hydrogen (secondary N) is 1. The van der Waals surface area contributed by atoms with Crippen molar-refractivity contribution in [2.24, 2.45) is 0 Å². The number of imidazole rings is 1. The van der Waals surface area contributed by atoms with E-state index in [1.807, 2.05) is 18.3 Å². The van der Waals surface area contributed by atoms with Crippen molar-refractivity contribution in [3.8, 4) is 0 Å². The topological polar surface area (TPSA) is 49.6 Å². The average Bonchev–Trinajstić information content (AvgIpc) is 2.72. The zero-order valence-electron chi connectivity index (χ0n) is 9.43. The van der Waals surface area contributed by atoms with E-state index in [1.165, 1.54) is 5.69 Å². The van der Waals surface area contributed by atoms with Gasteiger partial charge in [-0.3, -0.25) is 0 Å². The lowest BCUT2D eigenvalue weighted by Gasteiger charge is -2.08. The third-order valence-electron chi connectivity index (χ3n) is 2.56. The monoisotopic (exact) mass is 219 g/mol. The number of fused-ring (bicyclic) bond motifs is 1. The number of rotatable bonds is 5. The molecule has 4 heteroatoms. The van der Waals surface area contributed by atoms with Crippen molar-refractivity contribution in [2.75, 3.05) is 6.54 Å². The SMILES string of the molecule is CC(O)CCNCc1cccc2nccn12. The molecule has 0 aromatic carbocycles. The van der Waals surface area contributed by atoms with Gasteiger partial charge in [-0.2, -0.15) is 0 Å². The molecule has 2 rings (SSSR count). The molecule has 0 saturated heterocycles. The molecule has 2 heterocycles. The summed E-state index contributed by atoms with van der Waals surface area (Å²) in [5.41, 5.74) is 2.15. The molecule has 0 aliphatic carbocycles. The van der Waals surface area contributed by atoms with Crippen LogP contribution in [0, 0.1) is 0 Å². The molecule has 0 fully saturated rings. The highest BCUT2D eigenvalue weighted by Crippen LogP contribution is 2.05. The summed E-state index contributed by atoms with van der Waals surface area (Å²) in [6.45, 7) is 3.42. The highest BCUT2D eigenvalue weighted by Gasteiger charge is 2.00. The number of nitrogens with zero attached hydrogens (tertiary/aromatic N) is 2. The molecule has 1 unspecified atom stereocenters. The van der Waals surface area contributed by atoms with Crippen LogP contribution in [0.2, 0.25) is 0 Å². The summed E-state index contributed by atoms with van der Waals surface area (Å²) < 4.78 is 2.06. The van der Waals surface area contributed by atoms with Gasteiger partial charge in [0.1, 0.15) is 5.65 Å². The third-order valence-corrected chi connectivity index (χ3v) is 2.56. The fourth-order valence-corrected chi connectivity index (χ4v) is 1.68. The fraction of sp³-hybridized carbons (Fsp3) is 0.417. The van der Waals surface area contributed by atoms with E-state index in [-0.39, 0.29) is 6.10 Å². The van der Waals surface area contributed by atoms with Gasteiger partial charge >= 0.3 is 0 Å². The van der Waals surface area contributed by atoms with Crippen molar-refractivity contribution in [2.45, 2.75) is 26.0 Å².